The van der Waals surface area contributed by atoms with Crippen LogP contribution >= 0.6 is 0 Å². The molecule has 0 amide bonds. The average molecular weight is 208 g/mol. The number of hydrogen-bond donors (Lipinski definition) is 1. The Labute approximate surface area is 79.0 Å². The zero-order valence-electron chi connectivity index (χ0n) is 7.82. The molecule has 1 aliphatic rings. The van der Waals surface area contributed by atoms with Crippen LogP contribution in [0.25, 0.3) is 0 Å². The summed E-state index contributed by atoms with van der Waals surface area (Å²) in [6.07, 6.45) is 3.01. The van der Waals surface area contributed by atoms with Crippen molar-refractivity contribution in [2.24, 2.45) is 0 Å². The number of ether oxygens (including phenoxy) is 1. The molecule has 1 aliphatic carbocycles. The van der Waals surface area contributed by atoms with Gasteiger partial charge in [0.15, 0.2) is 0 Å². The minimum atomic E-state index is -3.90. The van der Waals surface area contributed by atoms with Gasteiger partial charge < -0.3 is 4.74 Å². The minimum Gasteiger partial charge on any atom is -0.380 e. The van der Waals surface area contributed by atoms with Gasteiger partial charge in [0.05, 0.1) is 6.61 Å². The van der Waals surface area contributed by atoms with E-state index in [1.165, 1.54) is 0 Å². The quantitative estimate of drug-likeness (QED) is 0.526. The predicted molar refractivity (Wildman–Crippen MR) is 49.2 cm³/mol. The molecule has 1 saturated carbocycles. The van der Waals surface area contributed by atoms with E-state index in [0.29, 0.717) is 19.4 Å². The Morgan fingerprint density at radius 1 is 1.46 bits per heavy atom. The van der Waals surface area contributed by atoms with Crippen LogP contribution < -0.4 is 0 Å². The van der Waals surface area contributed by atoms with Crippen molar-refractivity contribution in [2.45, 2.75) is 37.4 Å². The van der Waals surface area contributed by atoms with Crippen LogP contribution in [0.4, 0.5) is 0 Å². The molecule has 0 radical (unpaired) electrons. The third-order valence-corrected chi connectivity index (χ3v) is 3.98. The molecular weight excluding hydrogens is 192 g/mol. The normalized spacial score (nSPS) is 20.2. The highest BCUT2D eigenvalue weighted by Gasteiger charge is 2.54. The van der Waals surface area contributed by atoms with Crippen LogP contribution in [0.3, 0.4) is 0 Å². The van der Waals surface area contributed by atoms with Gasteiger partial charge in [-0.1, -0.05) is 13.3 Å². The summed E-state index contributed by atoms with van der Waals surface area (Å²) in [6, 6.07) is 0. The second-order valence-electron chi connectivity index (χ2n) is 3.56. The van der Waals surface area contributed by atoms with Gasteiger partial charge in [0, 0.05) is 6.61 Å². The Balaban J connectivity index is 2.29. The lowest BCUT2D eigenvalue weighted by molar-refractivity contribution is 0.125. The minimum absolute atomic E-state index is 0.145. The van der Waals surface area contributed by atoms with E-state index in [0.717, 1.165) is 12.8 Å². The van der Waals surface area contributed by atoms with Crippen LogP contribution in [-0.2, 0) is 14.9 Å². The van der Waals surface area contributed by atoms with Gasteiger partial charge in [-0.25, -0.2) is 0 Å². The van der Waals surface area contributed by atoms with E-state index in [1.54, 1.807) is 0 Å². The lowest BCUT2D eigenvalue weighted by Crippen LogP contribution is -2.28. The standard InChI is InChI=1S/C8H16O4S/c1-2-3-6-12-7-8(4-5-8)13(9,10)11/h2-7H2,1H3,(H,9,10,11). The second-order valence-corrected chi connectivity index (χ2v) is 5.38. The van der Waals surface area contributed by atoms with Gasteiger partial charge in [-0.3, -0.25) is 4.55 Å². The van der Waals surface area contributed by atoms with Gasteiger partial charge in [0.1, 0.15) is 4.75 Å². The van der Waals surface area contributed by atoms with Crippen molar-refractivity contribution >= 4 is 10.1 Å². The van der Waals surface area contributed by atoms with E-state index in [2.05, 4.69) is 0 Å². The zero-order chi connectivity index (χ0) is 9.95. The molecule has 0 heterocycles. The topological polar surface area (TPSA) is 63.6 Å². The molecule has 5 heteroatoms. The summed E-state index contributed by atoms with van der Waals surface area (Å²) in [4.78, 5) is 0. The van der Waals surface area contributed by atoms with E-state index in [9.17, 15) is 8.42 Å². The lowest BCUT2D eigenvalue weighted by atomic mass is 10.3. The predicted octanol–water partition coefficient (Wildman–Crippen LogP) is 1.22. The molecule has 78 valence electrons. The third-order valence-electron chi connectivity index (χ3n) is 2.36. The second kappa shape index (κ2) is 3.94. The fourth-order valence-electron chi connectivity index (χ4n) is 1.12. The van der Waals surface area contributed by atoms with Gasteiger partial charge in [-0.15, -0.1) is 0 Å². The first kappa shape index (κ1) is 10.9. The molecule has 0 spiro atoms. The summed E-state index contributed by atoms with van der Waals surface area (Å²) in [7, 11) is -3.90. The molecule has 13 heavy (non-hydrogen) atoms. The van der Waals surface area contributed by atoms with Gasteiger partial charge in [-0.2, -0.15) is 8.42 Å². The van der Waals surface area contributed by atoms with Crippen molar-refractivity contribution in [2.75, 3.05) is 13.2 Å². The summed E-state index contributed by atoms with van der Waals surface area (Å²) >= 11 is 0. The van der Waals surface area contributed by atoms with Crippen molar-refractivity contribution < 1.29 is 17.7 Å². The molecule has 1 N–H and O–H groups in total. The Kier molecular flexibility index (Phi) is 3.32. The van der Waals surface area contributed by atoms with Crippen molar-refractivity contribution in [3.8, 4) is 0 Å². The van der Waals surface area contributed by atoms with Crippen LogP contribution in [-0.4, -0.2) is 30.9 Å². The molecule has 1 fully saturated rings. The van der Waals surface area contributed by atoms with Crippen molar-refractivity contribution in [1.29, 1.82) is 0 Å². The molecule has 0 aliphatic heterocycles. The van der Waals surface area contributed by atoms with Crippen LogP contribution in [0.15, 0.2) is 0 Å². The Bertz CT molecular complexity index is 253. The zero-order valence-corrected chi connectivity index (χ0v) is 8.64. The molecule has 0 atom stereocenters. The van der Waals surface area contributed by atoms with Crippen molar-refractivity contribution in [3.05, 3.63) is 0 Å². The molecule has 0 bridgehead atoms. The SMILES string of the molecule is CCCCOCC1(S(=O)(=O)O)CC1. The largest absolute Gasteiger partial charge is 0.380 e. The van der Waals surface area contributed by atoms with E-state index >= 15 is 0 Å². The molecule has 4 nitrogen and oxygen atoms in total. The van der Waals surface area contributed by atoms with Gasteiger partial charge in [0.25, 0.3) is 10.1 Å². The maximum atomic E-state index is 10.9. The van der Waals surface area contributed by atoms with E-state index < -0.39 is 14.9 Å². The monoisotopic (exact) mass is 208 g/mol. The molecule has 0 aromatic rings. The van der Waals surface area contributed by atoms with E-state index in [1.807, 2.05) is 6.92 Å². The highest BCUT2D eigenvalue weighted by Crippen LogP contribution is 2.43. The summed E-state index contributed by atoms with van der Waals surface area (Å²) < 4.78 is 34.8. The summed E-state index contributed by atoms with van der Waals surface area (Å²) in [5.74, 6) is 0. The third kappa shape index (κ3) is 2.65. The molecule has 0 aromatic heterocycles. The van der Waals surface area contributed by atoms with Crippen LogP contribution in [0, 0.1) is 0 Å². The molecular formula is C8H16O4S. The highest BCUT2D eigenvalue weighted by atomic mass is 32.2. The summed E-state index contributed by atoms with van der Waals surface area (Å²) in [5.41, 5.74) is 0. The maximum absolute atomic E-state index is 10.9. The van der Waals surface area contributed by atoms with Crippen LogP contribution in [0.1, 0.15) is 32.6 Å². The molecule has 0 aromatic carbocycles. The van der Waals surface area contributed by atoms with Crippen molar-refractivity contribution in [3.63, 3.8) is 0 Å². The average Bonchev–Trinajstić information content (AvgIpc) is 2.77. The first-order valence-electron chi connectivity index (χ1n) is 4.57. The summed E-state index contributed by atoms with van der Waals surface area (Å²) in [6.45, 7) is 2.76. The summed E-state index contributed by atoms with van der Waals surface area (Å²) in [5, 5.41) is 0. The number of hydrogen-bond acceptors (Lipinski definition) is 3. The Morgan fingerprint density at radius 2 is 2.08 bits per heavy atom. The first-order valence-corrected chi connectivity index (χ1v) is 6.01. The van der Waals surface area contributed by atoms with Crippen molar-refractivity contribution in [1.82, 2.24) is 0 Å². The van der Waals surface area contributed by atoms with Gasteiger partial charge in [-0.05, 0) is 19.3 Å². The smallest absolute Gasteiger partial charge is 0.272 e. The fraction of sp³-hybridized carbons (Fsp3) is 1.00. The molecule has 0 saturated heterocycles. The van der Waals surface area contributed by atoms with Gasteiger partial charge in [0.2, 0.25) is 0 Å². The Morgan fingerprint density at radius 3 is 2.46 bits per heavy atom. The van der Waals surface area contributed by atoms with Crippen LogP contribution in [0.5, 0.6) is 0 Å². The van der Waals surface area contributed by atoms with E-state index in [-0.39, 0.29) is 6.61 Å². The van der Waals surface area contributed by atoms with Crippen LogP contribution in [0.2, 0.25) is 0 Å². The number of unbranched alkanes of at least 4 members (excludes halogenated alkanes) is 1. The Hall–Kier alpha value is -0.130. The highest BCUT2D eigenvalue weighted by molar-refractivity contribution is 7.87. The molecule has 1 rings (SSSR count). The van der Waals surface area contributed by atoms with Gasteiger partial charge >= 0.3 is 0 Å². The first-order chi connectivity index (χ1) is 6.02. The van der Waals surface area contributed by atoms with E-state index in [4.69, 9.17) is 9.29 Å². The maximum Gasteiger partial charge on any atom is 0.272 e. The fourth-order valence-corrected chi connectivity index (χ4v) is 1.97. The lowest BCUT2D eigenvalue weighted by Gasteiger charge is -2.11. The molecule has 0 unspecified atom stereocenters. The number of rotatable bonds is 6.